The standard InChI is InChI=1S/C15H14F2N4O2/c1-7-2-3-9(16)11(12(7)17)14(23)21-5-4-8-10(6-21)19-15(18)20-13(8)22/h2-3H,4-6H2,1H3,(H3,18,19,20,22). The summed E-state index contributed by atoms with van der Waals surface area (Å²) in [4.78, 5) is 31.9. The lowest BCUT2D eigenvalue weighted by Gasteiger charge is -2.28. The van der Waals surface area contributed by atoms with E-state index in [1.165, 1.54) is 17.9 Å². The molecule has 23 heavy (non-hydrogen) atoms. The molecule has 1 aromatic carbocycles. The van der Waals surface area contributed by atoms with E-state index in [9.17, 15) is 18.4 Å². The molecule has 3 rings (SSSR count). The van der Waals surface area contributed by atoms with Crippen molar-refractivity contribution in [3.63, 3.8) is 0 Å². The third kappa shape index (κ3) is 2.56. The Labute approximate surface area is 130 Å². The molecule has 2 aromatic rings. The number of H-pyrrole nitrogens is 1. The van der Waals surface area contributed by atoms with Crippen LogP contribution in [0.15, 0.2) is 16.9 Å². The van der Waals surface area contributed by atoms with Crippen LogP contribution in [0, 0.1) is 18.6 Å². The predicted molar refractivity (Wildman–Crippen MR) is 78.8 cm³/mol. The average Bonchev–Trinajstić information content (AvgIpc) is 2.50. The molecule has 1 aromatic heterocycles. The van der Waals surface area contributed by atoms with Crippen molar-refractivity contribution >= 4 is 11.9 Å². The number of benzene rings is 1. The van der Waals surface area contributed by atoms with Crippen molar-refractivity contribution in [2.24, 2.45) is 0 Å². The molecule has 120 valence electrons. The van der Waals surface area contributed by atoms with Gasteiger partial charge in [0.05, 0.1) is 12.2 Å². The van der Waals surface area contributed by atoms with Gasteiger partial charge >= 0.3 is 0 Å². The second kappa shape index (κ2) is 5.45. The van der Waals surface area contributed by atoms with Crippen LogP contribution in [0.4, 0.5) is 14.7 Å². The maximum atomic E-state index is 14.1. The van der Waals surface area contributed by atoms with E-state index in [2.05, 4.69) is 9.97 Å². The van der Waals surface area contributed by atoms with Crippen LogP contribution in [0.25, 0.3) is 0 Å². The summed E-state index contributed by atoms with van der Waals surface area (Å²) in [6, 6.07) is 2.33. The molecule has 8 heteroatoms. The van der Waals surface area contributed by atoms with Crippen LogP contribution >= 0.6 is 0 Å². The molecule has 0 spiro atoms. The summed E-state index contributed by atoms with van der Waals surface area (Å²) in [6.07, 6.45) is 0.249. The van der Waals surface area contributed by atoms with Crippen LogP contribution in [-0.4, -0.2) is 27.3 Å². The Morgan fingerprint density at radius 1 is 1.39 bits per heavy atom. The molecule has 0 saturated carbocycles. The molecular formula is C15H14F2N4O2. The molecule has 1 aliphatic heterocycles. The Morgan fingerprint density at radius 3 is 2.87 bits per heavy atom. The van der Waals surface area contributed by atoms with Crippen LogP contribution in [-0.2, 0) is 13.0 Å². The minimum atomic E-state index is -0.915. The zero-order valence-electron chi connectivity index (χ0n) is 12.3. The lowest BCUT2D eigenvalue weighted by atomic mass is 10.0. The Bertz CT molecular complexity index is 863. The number of nitrogens with two attached hydrogens (primary N) is 1. The number of nitrogens with zero attached hydrogens (tertiary/aromatic N) is 2. The van der Waals surface area contributed by atoms with Gasteiger partial charge in [-0.2, -0.15) is 0 Å². The summed E-state index contributed by atoms with van der Waals surface area (Å²) in [5.74, 6) is -2.62. The molecule has 1 aliphatic rings. The van der Waals surface area contributed by atoms with Gasteiger partial charge in [-0.15, -0.1) is 0 Å². The lowest BCUT2D eigenvalue weighted by molar-refractivity contribution is 0.0721. The monoisotopic (exact) mass is 320 g/mol. The van der Waals surface area contributed by atoms with E-state index in [1.54, 1.807) is 0 Å². The van der Waals surface area contributed by atoms with E-state index in [1.807, 2.05) is 0 Å². The Morgan fingerprint density at radius 2 is 2.13 bits per heavy atom. The van der Waals surface area contributed by atoms with Gasteiger partial charge in [0, 0.05) is 12.1 Å². The summed E-state index contributed by atoms with van der Waals surface area (Å²) >= 11 is 0. The normalized spacial score (nSPS) is 13.8. The Kier molecular flexibility index (Phi) is 3.59. The van der Waals surface area contributed by atoms with Gasteiger partial charge in [-0.3, -0.25) is 14.6 Å². The average molecular weight is 320 g/mol. The molecule has 0 saturated heterocycles. The minimum absolute atomic E-state index is 0.0187. The highest BCUT2D eigenvalue weighted by atomic mass is 19.1. The number of carbonyl (C=O) groups is 1. The fourth-order valence-corrected chi connectivity index (χ4v) is 2.64. The van der Waals surface area contributed by atoms with Crippen molar-refractivity contribution in [2.45, 2.75) is 19.9 Å². The zero-order chi connectivity index (χ0) is 16.7. The van der Waals surface area contributed by atoms with Crippen molar-refractivity contribution in [1.82, 2.24) is 14.9 Å². The molecule has 3 N–H and O–H groups in total. The zero-order valence-corrected chi connectivity index (χ0v) is 12.3. The molecule has 0 unspecified atom stereocenters. The maximum absolute atomic E-state index is 14.1. The third-order valence-electron chi connectivity index (χ3n) is 3.88. The summed E-state index contributed by atoms with van der Waals surface area (Å²) in [5, 5.41) is 0. The second-order valence-corrected chi connectivity index (χ2v) is 5.41. The number of halogens is 2. The molecular weight excluding hydrogens is 306 g/mol. The number of amides is 1. The number of aromatic nitrogens is 2. The van der Waals surface area contributed by atoms with Crippen LogP contribution in [0.2, 0.25) is 0 Å². The number of carbonyl (C=O) groups excluding carboxylic acids is 1. The number of aryl methyl sites for hydroxylation is 1. The third-order valence-corrected chi connectivity index (χ3v) is 3.88. The lowest BCUT2D eigenvalue weighted by Crippen LogP contribution is -2.40. The van der Waals surface area contributed by atoms with Gasteiger partial charge in [0.15, 0.2) is 0 Å². The van der Waals surface area contributed by atoms with E-state index in [0.29, 0.717) is 11.3 Å². The first-order valence-corrected chi connectivity index (χ1v) is 7.00. The van der Waals surface area contributed by atoms with Gasteiger partial charge < -0.3 is 10.6 Å². The number of hydrogen-bond acceptors (Lipinski definition) is 4. The van der Waals surface area contributed by atoms with Crippen LogP contribution < -0.4 is 11.3 Å². The van der Waals surface area contributed by atoms with Gasteiger partial charge in [-0.1, -0.05) is 6.07 Å². The summed E-state index contributed by atoms with van der Waals surface area (Å²) in [7, 11) is 0. The van der Waals surface area contributed by atoms with Gasteiger partial charge in [0.25, 0.3) is 11.5 Å². The fourth-order valence-electron chi connectivity index (χ4n) is 2.64. The van der Waals surface area contributed by atoms with E-state index >= 15 is 0 Å². The van der Waals surface area contributed by atoms with Crippen LogP contribution in [0.5, 0.6) is 0 Å². The van der Waals surface area contributed by atoms with Crippen molar-refractivity contribution < 1.29 is 13.6 Å². The van der Waals surface area contributed by atoms with Gasteiger partial charge in [-0.25, -0.2) is 13.8 Å². The molecule has 0 bridgehead atoms. The highest BCUT2D eigenvalue weighted by molar-refractivity contribution is 5.95. The summed E-state index contributed by atoms with van der Waals surface area (Å²) < 4.78 is 28.0. The number of anilines is 1. The number of nitrogens with one attached hydrogen (secondary N) is 1. The number of hydrogen-bond donors (Lipinski definition) is 2. The van der Waals surface area contributed by atoms with Gasteiger partial charge in [0.2, 0.25) is 5.95 Å². The topological polar surface area (TPSA) is 92.1 Å². The Hall–Kier alpha value is -2.77. The number of aromatic amines is 1. The second-order valence-electron chi connectivity index (χ2n) is 5.41. The van der Waals surface area contributed by atoms with Gasteiger partial charge in [-0.05, 0) is 25.0 Å². The number of rotatable bonds is 1. The van der Waals surface area contributed by atoms with Crippen molar-refractivity contribution in [2.75, 3.05) is 12.3 Å². The number of fused-ring (bicyclic) bond motifs is 1. The minimum Gasteiger partial charge on any atom is -0.369 e. The molecule has 1 amide bonds. The van der Waals surface area contributed by atoms with E-state index in [0.717, 1.165) is 6.07 Å². The van der Waals surface area contributed by atoms with Crippen molar-refractivity contribution in [1.29, 1.82) is 0 Å². The smallest absolute Gasteiger partial charge is 0.260 e. The van der Waals surface area contributed by atoms with E-state index in [-0.39, 0.29) is 36.6 Å². The first-order chi connectivity index (χ1) is 10.9. The molecule has 0 atom stereocenters. The van der Waals surface area contributed by atoms with Crippen LogP contribution in [0.1, 0.15) is 27.2 Å². The van der Waals surface area contributed by atoms with E-state index < -0.39 is 23.1 Å². The summed E-state index contributed by atoms with van der Waals surface area (Å²) in [5.41, 5.74) is 5.52. The van der Waals surface area contributed by atoms with Crippen molar-refractivity contribution in [3.8, 4) is 0 Å². The molecule has 0 fully saturated rings. The van der Waals surface area contributed by atoms with E-state index in [4.69, 9.17) is 5.73 Å². The highest BCUT2D eigenvalue weighted by Crippen LogP contribution is 2.22. The van der Waals surface area contributed by atoms with Crippen LogP contribution in [0.3, 0.4) is 0 Å². The highest BCUT2D eigenvalue weighted by Gasteiger charge is 2.29. The molecule has 0 radical (unpaired) electrons. The quantitative estimate of drug-likeness (QED) is 0.824. The largest absolute Gasteiger partial charge is 0.369 e. The molecule has 2 heterocycles. The summed E-state index contributed by atoms with van der Waals surface area (Å²) in [6.45, 7) is 1.61. The SMILES string of the molecule is Cc1ccc(F)c(C(=O)N2CCc3c(nc(N)[nH]c3=O)C2)c1F. The maximum Gasteiger partial charge on any atom is 0.260 e. The van der Waals surface area contributed by atoms with Crippen molar-refractivity contribution in [3.05, 3.63) is 56.5 Å². The Balaban J connectivity index is 1.97. The predicted octanol–water partition coefficient (Wildman–Crippen LogP) is 1.14. The molecule has 0 aliphatic carbocycles. The molecule has 6 nitrogen and oxygen atoms in total. The fraction of sp³-hybridized carbons (Fsp3) is 0.267. The first kappa shape index (κ1) is 15.1. The number of nitrogen functional groups attached to an aromatic ring is 1. The van der Waals surface area contributed by atoms with Gasteiger partial charge in [0.1, 0.15) is 17.2 Å². The first-order valence-electron chi connectivity index (χ1n) is 7.00.